The summed E-state index contributed by atoms with van der Waals surface area (Å²) in [7, 11) is -3.08. The first kappa shape index (κ1) is 15.7. The van der Waals surface area contributed by atoms with Crippen LogP contribution in [0.15, 0.2) is 18.2 Å². The van der Waals surface area contributed by atoms with E-state index in [4.69, 9.17) is 4.74 Å². The van der Waals surface area contributed by atoms with E-state index in [9.17, 15) is 12.8 Å². The van der Waals surface area contributed by atoms with E-state index in [1.54, 1.807) is 6.07 Å². The zero-order valence-corrected chi connectivity index (χ0v) is 13.5. The van der Waals surface area contributed by atoms with Crippen molar-refractivity contribution in [3.8, 4) is 5.75 Å². The number of hydrogen-bond acceptors (Lipinski definition) is 4. The Bertz CT molecular complexity index is 647. The molecule has 6 heteroatoms. The second-order valence-electron chi connectivity index (χ2n) is 6.30. The summed E-state index contributed by atoms with van der Waals surface area (Å²) in [6.07, 6.45) is 5.58. The molecule has 0 amide bonds. The molecule has 0 radical (unpaired) electrons. The molecule has 122 valence electrons. The van der Waals surface area contributed by atoms with Gasteiger partial charge in [-0.25, -0.2) is 12.8 Å². The van der Waals surface area contributed by atoms with E-state index in [2.05, 4.69) is 5.32 Å². The quantitative estimate of drug-likeness (QED) is 0.927. The van der Waals surface area contributed by atoms with Gasteiger partial charge in [0.05, 0.1) is 11.9 Å². The van der Waals surface area contributed by atoms with Gasteiger partial charge in [-0.2, -0.15) is 0 Å². The Morgan fingerprint density at radius 2 is 2.00 bits per heavy atom. The van der Waals surface area contributed by atoms with Crippen LogP contribution < -0.4 is 10.1 Å². The SMILES string of the molecule is CS(=O)(=O)[C@@H]1CCCC[C@@H]1N[C@@H]1CCOc2ccc(F)cc21. The molecule has 1 N–H and O–H groups in total. The summed E-state index contributed by atoms with van der Waals surface area (Å²) < 4.78 is 43.1. The molecular weight excluding hydrogens is 305 g/mol. The van der Waals surface area contributed by atoms with E-state index < -0.39 is 9.84 Å². The maximum absolute atomic E-state index is 13.5. The predicted octanol–water partition coefficient (Wildman–Crippen LogP) is 2.59. The van der Waals surface area contributed by atoms with Crippen molar-refractivity contribution in [1.82, 2.24) is 5.32 Å². The topological polar surface area (TPSA) is 55.4 Å². The summed E-state index contributed by atoms with van der Waals surface area (Å²) in [6.45, 7) is 0.562. The monoisotopic (exact) mass is 327 g/mol. The summed E-state index contributed by atoms with van der Waals surface area (Å²) in [5.41, 5.74) is 0.795. The molecule has 0 aromatic heterocycles. The van der Waals surface area contributed by atoms with Gasteiger partial charge in [-0.15, -0.1) is 0 Å². The molecule has 0 unspecified atom stereocenters. The van der Waals surface area contributed by atoms with Crippen LogP contribution >= 0.6 is 0 Å². The third-order valence-electron chi connectivity index (χ3n) is 4.68. The minimum absolute atomic E-state index is 0.0493. The molecule has 1 aromatic carbocycles. The molecule has 0 spiro atoms. The average Bonchev–Trinajstić information content (AvgIpc) is 2.47. The highest BCUT2D eigenvalue weighted by Gasteiger charge is 2.35. The Morgan fingerprint density at radius 1 is 1.23 bits per heavy atom. The number of halogens is 1. The standard InChI is InChI=1S/C16H22FNO3S/c1-22(19,20)16-5-3-2-4-14(16)18-13-8-9-21-15-7-6-11(17)10-12(13)15/h6-7,10,13-14,16,18H,2-5,8-9H2,1H3/t13-,14+,16-/m1/s1. The van der Waals surface area contributed by atoms with Crippen molar-refractivity contribution >= 4 is 9.84 Å². The first-order valence-electron chi connectivity index (χ1n) is 7.82. The van der Waals surface area contributed by atoms with Crippen LogP contribution in [0.1, 0.15) is 43.7 Å². The van der Waals surface area contributed by atoms with Crippen LogP contribution in [0.3, 0.4) is 0 Å². The lowest BCUT2D eigenvalue weighted by atomic mass is 9.92. The summed E-state index contributed by atoms with van der Waals surface area (Å²) in [4.78, 5) is 0. The Labute approximate surface area is 131 Å². The van der Waals surface area contributed by atoms with Gasteiger partial charge in [-0.1, -0.05) is 12.8 Å². The number of hydrogen-bond donors (Lipinski definition) is 1. The van der Waals surface area contributed by atoms with Crippen LogP contribution in [0.4, 0.5) is 4.39 Å². The highest BCUT2D eigenvalue weighted by atomic mass is 32.2. The lowest BCUT2D eigenvalue weighted by Crippen LogP contribution is -2.48. The van der Waals surface area contributed by atoms with Crippen molar-refractivity contribution < 1.29 is 17.5 Å². The number of ether oxygens (including phenoxy) is 1. The van der Waals surface area contributed by atoms with Crippen LogP contribution in [0.2, 0.25) is 0 Å². The number of fused-ring (bicyclic) bond motifs is 1. The van der Waals surface area contributed by atoms with Crippen LogP contribution in [-0.4, -0.2) is 32.6 Å². The molecule has 4 nitrogen and oxygen atoms in total. The lowest BCUT2D eigenvalue weighted by Gasteiger charge is -2.36. The van der Waals surface area contributed by atoms with Crippen molar-refractivity contribution in [1.29, 1.82) is 0 Å². The predicted molar refractivity (Wildman–Crippen MR) is 83.3 cm³/mol. The molecule has 1 saturated carbocycles. The zero-order chi connectivity index (χ0) is 15.7. The Balaban J connectivity index is 1.82. The van der Waals surface area contributed by atoms with Crippen molar-refractivity contribution in [2.75, 3.05) is 12.9 Å². The molecule has 3 rings (SSSR count). The van der Waals surface area contributed by atoms with E-state index in [0.717, 1.165) is 31.2 Å². The smallest absolute Gasteiger partial charge is 0.151 e. The van der Waals surface area contributed by atoms with E-state index in [0.29, 0.717) is 18.8 Å². The third-order valence-corrected chi connectivity index (χ3v) is 6.34. The molecule has 3 atom stereocenters. The number of benzene rings is 1. The van der Waals surface area contributed by atoms with Gasteiger partial charge >= 0.3 is 0 Å². The summed E-state index contributed by atoms with van der Waals surface area (Å²) >= 11 is 0. The Hall–Kier alpha value is -1.14. The summed E-state index contributed by atoms with van der Waals surface area (Å²) in [6, 6.07) is 4.41. The minimum atomic E-state index is -3.08. The highest BCUT2D eigenvalue weighted by molar-refractivity contribution is 7.91. The first-order valence-corrected chi connectivity index (χ1v) is 9.78. The summed E-state index contributed by atoms with van der Waals surface area (Å²) in [5.74, 6) is 0.399. The molecule has 1 heterocycles. The van der Waals surface area contributed by atoms with Gasteiger partial charge in [-0.05, 0) is 31.0 Å². The number of sulfone groups is 1. The molecule has 22 heavy (non-hydrogen) atoms. The zero-order valence-electron chi connectivity index (χ0n) is 12.7. The van der Waals surface area contributed by atoms with Crippen molar-refractivity contribution in [3.63, 3.8) is 0 Å². The van der Waals surface area contributed by atoms with Crippen LogP contribution in [0.25, 0.3) is 0 Å². The largest absolute Gasteiger partial charge is 0.493 e. The second-order valence-corrected chi connectivity index (χ2v) is 8.56. The first-order chi connectivity index (χ1) is 10.4. The van der Waals surface area contributed by atoms with Gasteiger partial charge in [-0.3, -0.25) is 0 Å². The van der Waals surface area contributed by atoms with Gasteiger partial charge in [0.1, 0.15) is 11.6 Å². The molecular formula is C16H22FNO3S. The van der Waals surface area contributed by atoms with E-state index in [1.165, 1.54) is 18.4 Å². The molecule has 1 aromatic rings. The Kier molecular flexibility index (Phi) is 4.41. The normalized spacial score (nSPS) is 28.7. The Morgan fingerprint density at radius 3 is 2.77 bits per heavy atom. The minimum Gasteiger partial charge on any atom is -0.493 e. The molecule has 0 bridgehead atoms. The highest BCUT2D eigenvalue weighted by Crippen LogP contribution is 2.34. The van der Waals surface area contributed by atoms with E-state index in [-0.39, 0.29) is 23.2 Å². The van der Waals surface area contributed by atoms with Gasteiger partial charge in [0.2, 0.25) is 0 Å². The fourth-order valence-electron chi connectivity index (χ4n) is 3.60. The van der Waals surface area contributed by atoms with Crippen LogP contribution in [0.5, 0.6) is 5.75 Å². The lowest BCUT2D eigenvalue weighted by molar-refractivity contribution is 0.232. The molecule has 2 aliphatic rings. The molecule has 1 aliphatic carbocycles. The number of nitrogens with one attached hydrogen (secondary N) is 1. The van der Waals surface area contributed by atoms with Gasteiger partial charge in [0.25, 0.3) is 0 Å². The van der Waals surface area contributed by atoms with Crippen molar-refractivity contribution in [3.05, 3.63) is 29.6 Å². The van der Waals surface area contributed by atoms with E-state index in [1.807, 2.05) is 0 Å². The van der Waals surface area contributed by atoms with E-state index >= 15 is 0 Å². The van der Waals surface area contributed by atoms with Crippen LogP contribution in [0, 0.1) is 5.82 Å². The van der Waals surface area contributed by atoms with Gasteiger partial charge in [0, 0.05) is 30.3 Å². The molecule has 0 saturated heterocycles. The maximum Gasteiger partial charge on any atom is 0.151 e. The van der Waals surface area contributed by atoms with Crippen molar-refractivity contribution in [2.45, 2.75) is 49.4 Å². The third kappa shape index (κ3) is 3.27. The fourth-order valence-corrected chi connectivity index (χ4v) is 5.00. The fraction of sp³-hybridized carbons (Fsp3) is 0.625. The van der Waals surface area contributed by atoms with Crippen LogP contribution in [-0.2, 0) is 9.84 Å². The number of rotatable bonds is 3. The second kappa shape index (κ2) is 6.16. The van der Waals surface area contributed by atoms with Gasteiger partial charge in [0.15, 0.2) is 9.84 Å². The maximum atomic E-state index is 13.5. The van der Waals surface area contributed by atoms with Crippen molar-refractivity contribution in [2.24, 2.45) is 0 Å². The molecule has 1 fully saturated rings. The molecule has 1 aliphatic heterocycles. The average molecular weight is 327 g/mol. The van der Waals surface area contributed by atoms with Gasteiger partial charge < -0.3 is 10.1 Å². The summed E-state index contributed by atoms with van der Waals surface area (Å²) in [5, 5.41) is 3.13.